The van der Waals surface area contributed by atoms with E-state index in [0.29, 0.717) is 0 Å². The highest BCUT2D eigenvalue weighted by Crippen LogP contribution is 2.43. The number of alkyl halides is 6. The molecule has 3 aromatic carbocycles. The Morgan fingerprint density at radius 3 is 0.812 bits per heavy atom. The van der Waals surface area contributed by atoms with Crippen LogP contribution in [-0.4, -0.2) is 12.4 Å². The van der Waals surface area contributed by atoms with Crippen LogP contribution in [0.15, 0.2) is 72.8 Å². The van der Waals surface area contributed by atoms with Crippen molar-refractivity contribution in [3.8, 4) is 22.3 Å². The zero-order chi connectivity index (χ0) is 22.8. The van der Waals surface area contributed by atoms with Crippen LogP contribution in [0.1, 0.15) is 11.1 Å². The molecule has 10 heteroatoms. The fourth-order valence-electron chi connectivity index (χ4n) is 3.70. The van der Waals surface area contributed by atoms with E-state index in [2.05, 4.69) is 21.7 Å². The second kappa shape index (κ2) is 6.79. The Morgan fingerprint density at radius 1 is 0.406 bits per heavy atom. The SMILES string of the molecule is FC(F)(F)C1(c2ccc(-c3ccc(-c4ccc(C5(C(F)(F)F)NN5)cc4)cc3)cc2)NN1. The molecule has 2 heterocycles. The van der Waals surface area contributed by atoms with Gasteiger partial charge < -0.3 is 0 Å². The third-order valence-electron chi connectivity index (χ3n) is 5.79. The van der Waals surface area contributed by atoms with Crippen molar-refractivity contribution < 1.29 is 26.3 Å². The lowest BCUT2D eigenvalue weighted by Gasteiger charge is -2.17. The van der Waals surface area contributed by atoms with Gasteiger partial charge in [0.05, 0.1) is 0 Å². The molecule has 2 aliphatic rings. The zero-order valence-corrected chi connectivity index (χ0v) is 16.2. The van der Waals surface area contributed by atoms with E-state index in [0.717, 1.165) is 22.3 Å². The van der Waals surface area contributed by atoms with Crippen LogP contribution in [0.3, 0.4) is 0 Å². The van der Waals surface area contributed by atoms with Gasteiger partial charge in [-0.1, -0.05) is 72.8 Å². The molecule has 2 aliphatic heterocycles. The van der Waals surface area contributed by atoms with Gasteiger partial charge >= 0.3 is 12.4 Å². The average Bonchev–Trinajstić information content (AvgIpc) is 3.66. The lowest BCUT2D eigenvalue weighted by molar-refractivity contribution is -0.166. The summed E-state index contributed by atoms with van der Waals surface area (Å²) in [5.74, 6) is 0. The van der Waals surface area contributed by atoms with Gasteiger partial charge in [-0.3, -0.25) is 0 Å². The van der Waals surface area contributed by atoms with Gasteiger partial charge in [-0.05, 0) is 33.4 Å². The van der Waals surface area contributed by atoms with Crippen LogP contribution in [0.5, 0.6) is 0 Å². The van der Waals surface area contributed by atoms with Gasteiger partial charge in [-0.2, -0.15) is 26.3 Å². The summed E-state index contributed by atoms with van der Waals surface area (Å²) >= 11 is 0. The summed E-state index contributed by atoms with van der Waals surface area (Å²) in [6.45, 7) is 0. The Labute approximate surface area is 178 Å². The summed E-state index contributed by atoms with van der Waals surface area (Å²) in [6.07, 6.45) is -8.92. The third kappa shape index (κ3) is 3.27. The van der Waals surface area contributed by atoms with Crippen molar-refractivity contribution in [1.29, 1.82) is 0 Å². The van der Waals surface area contributed by atoms with E-state index in [4.69, 9.17) is 0 Å². The normalized spacial score (nSPS) is 18.9. The lowest BCUT2D eigenvalue weighted by Crippen LogP contribution is -2.34. The number of rotatable bonds is 4. The number of halogens is 6. The summed E-state index contributed by atoms with van der Waals surface area (Å²) < 4.78 is 79.1. The molecule has 0 aromatic heterocycles. The molecule has 0 amide bonds. The minimum atomic E-state index is -4.46. The molecule has 0 atom stereocenters. The minimum absolute atomic E-state index is 0.0710. The highest BCUT2D eigenvalue weighted by Gasteiger charge is 2.66. The molecule has 0 saturated carbocycles. The molecular formula is C22H16F6N4. The first-order valence-electron chi connectivity index (χ1n) is 9.60. The Morgan fingerprint density at radius 2 is 0.625 bits per heavy atom. The summed E-state index contributed by atoms with van der Waals surface area (Å²) in [7, 11) is 0. The van der Waals surface area contributed by atoms with E-state index in [-0.39, 0.29) is 11.1 Å². The van der Waals surface area contributed by atoms with E-state index in [1.54, 1.807) is 24.3 Å². The zero-order valence-electron chi connectivity index (χ0n) is 16.2. The van der Waals surface area contributed by atoms with Crippen molar-refractivity contribution in [2.75, 3.05) is 0 Å². The molecule has 0 unspecified atom stereocenters. The maximum Gasteiger partial charge on any atom is 0.426 e. The third-order valence-corrected chi connectivity index (χ3v) is 5.79. The lowest BCUT2D eigenvalue weighted by atomic mass is 9.96. The average molecular weight is 450 g/mol. The Balaban J connectivity index is 1.34. The Hall–Kier alpha value is -2.92. The maximum atomic E-state index is 13.2. The van der Waals surface area contributed by atoms with Crippen LogP contribution < -0.4 is 21.7 Å². The van der Waals surface area contributed by atoms with E-state index in [1.807, 2.05) is 24.3 Å². The van der Waals surface area contributed by atoms with Crippen molar-refractivity contribution in [3.63, 3.8) is 0 Å². The Kier molecular flexibility index (Phi) is 4.44. The second-order valence-corrected chi connectivity index (χ2v) is 7.73. The maximum absolute atomic E-state index is 13.2. The van der Waals surface area contributed by atoms with Crippen molar-refractivity contribution in [3.05, 3.63) is 83.9 Å². The van der Waals surface area contributed by atoms with Gasteiger partial charge in [0.2, 0.25) is 11.3 Å². The van der Waals surface area contributed by atoms with E-state index in [9.17, 15) is 26.3 Å². The largest absolute Gasteiger partial charge is 0.426 e. The smallest absolute Gasteiger partial charge is 0.223 e. The molecule has 0 radical (unpaired) electrons. The summed E-state index contributed by atoms with van der Waals surface area (Å²) in [4.78, 5) is 0. The van der Waals surface area contributed by atoms with Gasteiger partial charge in [0, 0.05) is 0 Å². The molecule has 4 nitrogen and oxygen atoms in total. The van der Waals surface area contributed by atoms with E-state index < -0.39 is 23.7 Å². The highest BCUT2D eigenvalue weighted by molar-refractivity contribution is 5.71. The summed E-state index contributed by atoms with van der Waals surface area (Å²) in [5.41, 5.74) is 7.52. The topological polar surface area (TPSA) is 87.8 Å². The molecule has 32 heavy (non-hydrogen) atoms. The molecule has 5 rings (SSSR count). The monoisotopic (exact) mass is 450 g/mol. The first-order valence-corrected chi connectivity index (χ1v) is 9.60. The number of benzene rings is 3. The number of hydrogen-bond acceptors (Lipinski definition) is 4. The number of hydrazine groups is 2. The van der Waals surface area contributed by atoms with Crippen molar-refractivity contribution in [1.82, 2.24) is 21.7 Å². The highest BCUT2D eigenvalue weighted by atomic mass is 19.4. The van der Waals surface area contributed by atoms with Gasteiger partial charge in [-0.25, -0.2) is 21.7 Å². The molecule has 2 saturated heterocycles. The standard InChI is InChI=1S/C22H16F6N4/c23-21(24,25)19(29-30-19)17-9-5-15(6-10-17)13-1-2-14(4-3-13)16-7-11-18(12-8-16)20(31-32-20)22(26,27)28/h1-12,29-32H. The van der Waals surface area contributed by atoms with E-state index in [1.165, 1.54) is 24.3 Å². The molecule has 4 N–H and O–H groups in total. The first-order chi connectivity index (χ1) is 15.1. The number of hydrogen-bond donors (Lipinski definition) is 4. The van der Waals surface area contributed by atoms with Crippen LogP contribution in [0.4, 0.5) is 26.3 Å². The molecular weight excluding hydrogens is 434 g/mol. The molecule has 3 aromatic rings. The predicted octanol–water partition coefficient (Wildman–Crippen LogP) is 4.67. The quantitative estimate of drug-likeness (QED) is 0.344. The van der Waals surface area contributed by atoms with Gasteiger partial charge in [0.25, 0.3) is 0 Å². The van der Waals surface area contributed by atoms with Crippen molar-refractivity contribution in [2.24, 2.45) is 0 Å². The molecule has 0 spiro atoms. The minimum Gasteiger partial charge on any atom is -0.223 e. The van der Waals surface area contributed by atoms with Crippen LogP contribution in [-0.2, 0) is 11.3 Å². The van der Waals surface area contributed by atoms with Crippen molar-refractivity contribution in [2.45, 2.75) is 23.7 Å². The van der Waals surface area contributed by atoms with Gasteiger partial charge in [-0.15, -0.1) is 0 Å². The fourth-order valence-corrected chi connectivity index (χ4v) is 3.70. The van der Waals surface area contributed by atoms with Crippen LogP contribution >= 0.6 is 0 Å². The van der Waals surface area contributed by atoms with Gasteiger partial charge in [0.1, 0.15) is 0 Å². The molecule has 2 fully saturated rings. The number of nitrogens with one attached hydrogen (secondary N) is 4. The first kappa shape index (κ1) is 21.0. The van der Waals surface area contributed by atoms with Crippen LogP contribution in [0.2, 0.25) is 0 Å². The summed E-state index contributed by atoms with van der Waals surface area (Å²) in [6, 6.07) is 19.4. The predicted molar refractivity (Wildman–Crippen MR) is 105 cm³/mol. The molecule has 0 aliphatic carbocycles. The van der Waals surface area contributed by atoms with Crippen LogP contribution in [0, 0.1) is 0 Å². The van der Waals surface area contributed by atoms with Gasteiger partial charge in [0.15, 0.2) is 0 Å². The van der Waals surface area contributed by atoms with Crippen LogP contribution in [0.25, 0.3) is 22.3 Å². The Bertz CT molecular complexity index is 1040. The summed E-state index contributed by atoms with van der Waals surface area (Å²) in [5, 5.41) is 0. The molecule has 166 valence electrons. The fraction of sp³-hybridized carbons (Fsp3) is 0.182. The van der Waals surface area contributed by atoms with E-state index >= 15 is 0 Å². The second-order valence-electron chi connectivity index (χ2n) is 7.73. The molecule has 0 bridgehead atoms. The van der Waals surface area contributed by atoms with Crippen molar-refractivity contribution >= 4 is 0 Å².